The lowest BCUT2D eigenvalue weighted by Gasteiger charge is -2.43. The molecule has 0 spiro atoms. The summed E-state index contributed by atoms with van der Waals surface area (Å²) in [5, 5.41) is 4.14. The van der Waals surface area contributed by atoms with E-state index in [0.717, 1.165) is 46.3 Å². The molecular formula is C24H17BrF3NO2. The standard InChI is InChI=1S/C24H17BrF3NO2/c25-20-12-10-18(11-13-20)23(17-4-2-1-3-5-17)15-14-21(23)29-31-22(30)16-6-8-19(9-7-16)24(26,27)28/h1-13H,14-15H2. The number of halogens is 4. The van der Waals surface area contributed by atoms with Gasteiger partial charge in [-0.25, -0.2) is 4.79 Å². The number of hydrogen-bond acceptors (Lipinski definition) is 3. The lowest BCUT2D eigenvalue weighted by Crippen LogP contribution is -2.46. The summed E-state index contributed by atoms with van der Waals surface area (Å²) in [4.78, 5) is 17.5. The maximum atomic E-state index is 12.7. The number of hydrogen-bond donors (Lipinski definition) is 0. The van der Waals surface area contributed by atoms with Crippen molar-refractivity contribution in [3.05, 3.63) is 106 Å². The van der Waals surface area contributed by atoms with Gasteiger partial charge in [-0.15, -0.1) is 0 Å². The highest BCUT2D eigenvalue weighted by Crippen LogP contribution is 2.47. The van der Waals surface area contributed by atoms with Gasteiger partial charge in [0.25, 0.3) is 0 Å². The van der Waals surface area contributed by atoms with Crippen LogP contribution in [-0.2, 0) is 16.4 Å². The molecule has 7 heteroatoms. The summed E-state index contributed by atoms with van der Waals surface area (Å²) in [5.74, 6) is -0.800. The molecule has 1 fully saturated rings. The number of carbonyl (C=O) groups is 1. The van der Waals surface area contributed by atoms with E-state index in [4.69, 9.17) is 4.84 Å². The molecule has 0 aromatic heterocycles. The SMILES string of the molecule is O=C(ON=C1CCC1(c1ccccc1)c1ccc(Br)cc1)c1ccc(C(F)(F)F)cc1. The van der Waals surface area contributed by atoms with Crippen LogP contribution in [0.4, 0.5) is 13.2 Å². The van der Waals surface area contributed by atoms with Gasteiger partial charge < -0.3 is 4.84 Å². The minimum atomic E-state index is -4.46. The van der Waals surface area contributed by atoms with Gasteiger partial charge in [-0.05, 0) is 60.4 Å². The third-order valence-corrected chi connectivity index (χ3v) is 6.05. The molecule has 0 radical (unpaired) electrons. The Bertz CT molecular complexity index is 1110. The van der Waals surface area contributed by atoms with Gasteiger partial charge in [0.05, 0.1) is 22.3 Å². The molecule has 3 nitrogen and oxygen atoms in total. The van der Waals surface area contributed by atoms with Crippen LogP contribution in [0, 0.1) is 0 Å². The van der Waals surface area contributed by atoms with E-state index in [0.29, 0.717) is 12.1 Å². The van der Waals surface area contributed by atoms with Gasteiger partial charge in [0.15, 0.2) is 0 Å². The summed E-state index contributed by atoms with van der Waals surface area (Å²) in [7, 11) is 0. The predicted octanol–water partition coefficient (Wildman–Crippen LogP) is 6.76. The first-order valence-electron chi connectivity index (χ1n) is 9.58. The van der Waals surface area contributed by atoms with Crippen LogP contribution >= 0.6 is 15.9 Å². The number of alkyl halides is 3. The van der Waals surface area contributed by atoms with Gasteiger partial charge in [-0.3, -0.25) is 0 Å². The van der Waals surface area contributed by atoms with Crippen molar-refractivity contribution < 1.29 is 22.8 Å². The van der Waals surface area contributed by atoms with Crippen LogP contribution in [0.1, 0.15) is 39.9 Å². The Morgan fingerprint density at radius 2 is 1.52 bits per heavy atom. The molecule has 0 heterocycles. The molecule has 3 aromatic rings. The Morgan fingerprint density at radius 1 is 0.903 bits per heavy atom. The molecule has 1 unspecified atom stereocenters. The zero-order valence-electron chi connectivity index (χ0n) is 16.2. The summed E-state index contributed by atoms with van der Waals surface area (Å²) in [6.07, 6.45) is -3.02. The smallest absolute Gasteiger partial charge is 0.313 e. The fraction of sp³-hybridized carbons (Fsp3) is 0.167. The Morgan fingerprint density at radius 3 is 2.06 bits per heavy atom. The Balaban J connectivity index is 1.62. The van der Waals surface area contributed by atoms with E-state index in [-0.39, 0.29) is 5.56 Å². The quantitative estimate of drug-likeness (QED) is 0.301. The molecule has 4 rings (SSSR count). The second-order valence-corrected chi connectivity index (χ2v) is 8.19. The fourth-order valence-corrected chi connectivity index (χ4v) is 4.06. The van der Waals surface area contributed by atoms with E-state index in [1.807, 2.05) is 54.6 Å². The molecule has 1 aliphatic carbocycles. The van der Waals surface area contributed by atoms with Gasteiger partial charge in [0.1, 0.15) is 0 Å². The lowest BCUT2D eigenvalue weighted by atomic mass is 9.59. The van der Waals surface area contributed by atoms with Crippen molar-refractivity contribution in [2.24, 2.45) is 5.16 Å². The van der Waals surface area contributed by atoms with Crippen LogP contribution in [0.5, 0.6) is 0 Å². The summed E-state index contributed by atoms with van der Waals surface area (Å²) >= 11 is 3.45. The fourth-order valence-electron chi connectivity index (χ4n) is 3.80. The molecule has 158 valence electrons. The van der Waals surface area contributed by atoms with Crippen molar-refractivity contribution in [3.8, 4) is 0 Å². The number of oxime groups is 1. The van der Waals surface area contributed by atoms with Crippen LogP contribution in [-0.4, -0.2) is 11.7 Å². The molecule has 1 aliphatic rings. The number of benzene rings is 3. The van der Waals surface area contributed by atoms with Crippen molar-refractivity contribution in [3.63, 3.8) is 0 Å². The van der Waals surface area contributed by atoms with Crippen molar-refractivity contribution >= 4 is 27.6 Å². The molecule has 0 aliphatic heterocycles. The zero-order chi connectivity index (χ0) is 22.1. The normalized spacial score (nSPS) is 19.7. The average Bonchev–Trinajstić information content (AvgIpc) is 2.75. The van der Waals surface area contributed by atoms with Gasteiger partial charge in [-0.2, -0.15) is 13.2 Å². The van der Waals surface area contributed by atoms with Crippen molar-refractivity contribution in [2.75, 3.05) is 0 Å². The van der Waals surface area contributed by atoms with Crippen molar-refractivity contribution in [1.82, 2.24) is 0 Å². The molecule has 0 N–H and O–H groups in total. The molecule has 0 saturated heterocycles. The molecule has 0 bridgehead atoms. The third-order valence-electron chi connectivity index (χ3n) is 5.52. The number of carbonyl (C=O) groups excluding carboxylic acids is 1. The topological polar surface area (TPSA) is 38.7 Å². The maximum Gasteiger partial charge on any atom is 0.416 e. The number of rotatable bonds is 4. The van der Waals surface area contributed by atoms with Gasteiger partial charge in [0, 0.05) is 4.47 Å². The van der Waals surface area contributed by atoms with Crippen molar-refractivity contribution in [1.29, 1.82) is 0 Å². The molecule has 0 amide bonds. The average molecular weight is 488 g/mol. The van der Waals surface area contributed by atoms with E-state index in [1.165, 1.54) is 0 Å². The molecule has 31 heavy (non-hydrogen) atoms. The number of nitrogens with zero attached hydrogens (tertiary/aromatic N) is 1. The first kappa shape index (κ1) is 21.3. The van der Waals surface area contributed by atoms with Crippen molar-refractivity contribution in [2.45, 2.75) is 24.4 Å². The Hall–Kier alpha value is -2.93. The van der Waals surface area contributed by atoms with E-state index in [1.54, 1.807) is 0 Å². The van der Waals surface area contributed by atoms with Crippen LogP contribution in [0.25, 0.3) is 0 Å². The highest BCUT2D eigenvalue weighted by Gasteiger charge is 2.47. The monoisotopic (exact) mass is 487 g/mol. The second kappa shape index (κ2) is 8.30. The van der Waals surface area contributed by atoms with Gasteiger partial charge in [0.2, 0.25) is 0 Å². The lowest BCUT2D eigenvalue weighted by molar-refractivity contribution is -0.137. The Labute approximate surface area is 185 Å². The zero-order valence-corrected chi connectivity index (χ0v) is 17.8. The summed E-state index contributed by atoms with van der Waals surface area (Å²) < 4.78 is 39.1. The molecular weight excluding hydrogens is 471 g/mol. The second-order valence-electron chi connectivity index (χ2n) is 7.27. The first-order valence-corrected chi connectivity index (χ1v) is 10.4. The van der Waals surface area contributed by atoms with Crippen LogP contribution in [0.2, 0.25) is 0 Å². The maximum absolute atomic E-state index is 12.7. The van der Waals surface area contributed by atoms with E-state index >= 15 is 0 Å². The molecule has 1 saturated carbocycles. The highest BCUT2D eigenvalue weighted by molar-refractivity contribution is 9.10. The van der Waals surface area contributed by atoms with E-state index in [9.17, 15) is 18.0 Å². The first-order chi connectivity index (χ1) is 14.8. The van der Waals surface area contributed by atoms with E-state index < -0.39 is 23.1 Å². The minimum absolute atomic E-state index is 0.00521. The van der Waals surface area contributed by atoms with Crippen LogP contribution in [0.15, 0.2) is 88.5 Å². The van der Waals surface area contributed by atoms with Gasteiger partial charge >= 0.3 is 12.1 Å². The van der Waals surface area contributed by atoms with Gasteiger partial charge in [-0.1, -0.05) is 63.6 Å². The summed E-state index contributed by atoms with van der Waals surface area (Å²) in [6.45, 7) is 0. The van der Waals surface area contributed by atoms with E-state index in [2.05, 4.69) is 21.1 Å². The molecule has 3 aromatic carbocycles. The van der Waals surface area contributed by atoms with Crippen LogP contribution in [0.3, 0.4) is 0 Å². The molecule has 1 atom stereocenters. The minimum Gasteiger partial charge on any atom is -0.313 e. The van der Waals surface area contributed by atoms with Crippen LogP contribution < -0.4 is 0 Å². The highest BCUT2D eigenvalue weighted by atomic mass is 79.9. The largest absolute Gasteiger partial charge is 0.416 e. The summed E-state index contributed by atoms with van der Waals surface area (Å²) in [5.41, 5.74) is 1.42. The third kappa shape index (κ3) is 4.14. The Kier molecular flexibility index (Phi) is 5.71. The summed E-state index contributed by atoms with van der Waals surface area (Å²) in [6, 6.07) is 21.6. The predicted molar refractivity (Wildman–Crippen MR) is 115 cm³/mol.